The maximum atomic E-state index is 12.3. The van der Waals surface area contributed by atoms with E-state index in [1.165, 1.54) is 10.9 Å². The fourth-order valence-corrected chi connectivity index (χ4v) is 4.24. The Kier molecular flexibility index (Phi) is 4.36. The average molecular weight is 368 g/mol. The minimum absolute atomic E-state index is 0.211. The molecule has 0 unspecified atom stereocenters. The zero-order valence-electron chi connectivity index (χ0n) is 16.4. The van der Waals surface area contributed by atoms with Crippen LogP contribution in [0.25, 0.3) is 10.8 Å². The number of anilines is 2. The summed E-state index contributed by atoms with van der Waals surface area (Å²) in [4.78, 5) is 21.0. The number of hydrogen-bond donors (Lipinski definition) is 1. The van der Waals surface area contributed by atoms with Gasteiger partial charge in [-0.15, -0.1) is 0 Å². The third kappa shape index (κ3) is 3.40. The highest BCUT2D eigenvalue weighted by Crippen LogP contribution is 2.40. The molecule has 0 atom stereocenters. The van der Waals surface area contributed by atoms with Crippen LogP contribution >= 0.6 is 0 Å². The van der Waals surface area contributed by atoms with E-state index >= 15 is 0 Å². The summed E-state index contributed by atoms with van der Waals surface area (Å²) in [6.07, 6.45) is 6.50. The highest BCUT2D eigenvalue weighted by atomic mass is 16.6. The number of pyridine rings is 1. The summed E-state index contributed by atoms with van der Waals surface area (Å²) in [6.45, 7) is 8.09. The summed E-state index contributed by atoms with van der Waals surface area (Å²) in [5.74, 6) is 0. The van der Waals surface area contributed by atoms with Crippen LogP contribution in [0.3, 0.4) is 0 Å². The number of aromatic nitrogens is 1. The molecule has 0 bridgehead atoms. The van der Waals surface area contributed by atoms with E-state index in [1.807, 2.05) is 44.1 Å². The lowest BCUT2D eigenvalue weighted by atomic mass is 9.93. The normalized spacial score (nSPS) is 18.0. The predicted octanol–water partition coefficient (Wildman–Crippen LogP) is 3.58. The molecule has 4 rings (SSSR count). The van der Waals surface area contributed by atoms with Gasteiger partial charge in [0.25, 0.3) is 0 Å². The highest BCUT2D eigenvalue weighted by molar-refractivity contribution is 6.02. The summed E-state index contributed by atoms with van der Waals surface area (Å²) in [5, 5.41) is 2.39. The van der Waals surface area contributed by atoms with Crippen LogP contribution in [-0.2, 0) is 11.2 Å². The molecule has 3 heterocycles. The van der Waals surface area contributed by atoms with E-state index < -0.39 is 5.60 Å². The first-order chi connectivity index (χ1) is 12.8. The molecule has 0 saturated carbocycles. The number of nitrogens with two attached hydrogens (primary N) is 1. The first-order valence-corrected chi connectivity index (χ1v) is 9.73. The van der Waals surface area contributed by atoms with Crippen molar-refractivity contribution in [1.82, 2.24) is 9.88 Å². The van der Waals surface area contributed by atoms with Gasteiger partial charge in [0.15, 0.2) is 0 Å². The Hall–Kier alpha value is -2.50. The smallest absolute Gasteiger partial charge is 0.410 e. The average Bonchev–Trinajstić information content (AvgIpc) is 2.63. The highest BCUT2D eigenvalue weighted by Gasteiger charge is 2.32. The quantitative estimate of drug-likeness (QED) is 0.779. The number of hydrogen-bond acceptors (Lipinski definition) is 5. The predicted molar refractivity (Wildman–Crippen MR) is 108 cm³/mol. The Bertz CT molecular complexity index is 866. The Morgan fingerprint density at radius 1 is 1.19 bits per heavy atom. The summed E-state index contributed by atoms with van der Waals surface area (Å²) in [5.41, 5.74) is 9.18. The van der Waals surface area contributed by atoms with Crippen molar-refractivity contribution in [3.63, 3.8) is 0 Å². The minimum Gasteiger partial charge on any atom is -0.444 e. The Morgan fingerprint density at radius 2 is 1.93 bits per heavy atom. The van der Waals surface area contributed by atoms with Crippen LogP contribution in [0.2, 0.25) is 0 Å². The van der Waals surface area contributed by atoms with Crippen molar-refractivity contribution in [1.29, 1.82) is 0 Å². The number of likely N-dealkylation sites (tertiary alicyclic amines) is 1. The van der Waals surface area contributed by atoms with E-state index in [1.54, 1.807) is 0 Å². The topological polar surface area (TPSA) is 71.7 Å². The fourth-order valence-electron chi connectivity index (χ4n) is 4.24. The molecule has 6 heteroatoms. The first kappa shape index (κ1) is 17.9. The Balaban J connectivity index is 1.54. The first-order valence-electron chi connectivity index (χ1n) is 9.73. The maximum absolute atomic E-state index is 12.3. The van der Waals surface area contributed by atoms with Crippen LogP contribution in [0.5, 0.6) is 0 Å². The zero-order chi connectivity index (χ0) is 19.2. The van der Waals surface area contributed by atoms with Gasteiger partial charge in [-0.1, -0.05) is 6.07 Å². The van der Waals surface area contributed by atoms with Gasteiger partial charge in [0.2, 0.25) is 0 Å². The lowest BCUT2D eigenvalue weighted by Crippen LogP contribution is -2.49. The van der Waals surface area contributed by atoms with Crippen LogP contribution in [0.4, 0.5) is 16.2 Å². The monoisotopic (exact) mass is 368 g/mol. The molecule has 1 aromatic carbocycles. The van der Waals surface area contributed by atoms with Gasteiger partial charge in [-0.05, 0) is 51.7 Å². The number of benzene rings is 1. The second kappa shape index (κ2) is 6.59. The number of carbonyl (C=O) groups excluding carboxylic acids is 1. The van der Waals surface area contributed by atoms with Crippen LogP contribution in [0.1, 0.15) is 39.2 Å². The summed E-state index contributed by atoms with van der Waals surface area (Å²) in [6, 6.07) is 4.43. The largest absolute Gasteiger partial charge is 0.444 e. The van der Waals surface area contributed by atoms with Crippen molar-refractivity contribution in [3.8, 4) is 0 Å². The van der Waals surface area contributed by atoms with Crippen molar-refractivity contribution in [2.75, 3.05) is 30.3 Å². The summed E-state index contributed by atoms with van der Waals surface area (Å²) in [7, 11) is 0. The van der Waals surface area contributed by atoms with Gasteiger partial charge >= 0.3 is 6.09 Å². The number of ether oxygens (including phenoxy) is 1. The molecule has 2 N–H and O–H groups in total. The van der Waals surface area contributed by atoms with Crippen LogP contribution in [0.15, 0.2) is 24.5 Å². The van der Waals surface area contributed by atoms with Gasteiger partial charge in [-0.25, -0.2) is 4.79 Å². The van der Waals surface area contributed by atoms with Crippen molar-refractivity contribution >= 4 is 28.2 Å². The maximum Gasteiger partial charge on any atom is 0.410 e. The third-order valence-electron chi connectivity index (χ3n) is 5.47. The van der Waals surface area contributed by atoms with Gasteiger partial charge in [0, 0.05) is 48.8 Å². The number of piperidine rings is 1. The molecule has 2 aliphatic rings. The number of rotatable bonds is 1. The second-order valence-electron chi connectivity index (χ2n) is 8.54. The Morgan fingerprint density at radius 3 is 2.63 bits per heavy atom. The Labute approximate surface area is 160 Å². The number of carbonyl (C=O) groups is 1. The molecule has 144 valence electrons. The zero-order valence-corrected chi connectivity index (χ0v) is 16.4. The minimum atomic E-state index is -0.456. The van der Waals surface area contributed by atoms with E-state index in [9.17, 15) is 4.79 Å². The van der Waals surface area contributed by atoms with Gasteiger partial charge in [-0.3, -0.25) is 4.98 Å². The van der Waals surface area contributed by atoms with E-state index in [0.29, 0.717) is 6.04 Å². The van der Waals surface area contributed by atoms with Gasteiger partial charge < -0.3 is 20.3 Å². The molecule has 0 spiro atoms. The molecule has 6 nitrogen and oxygen atoms in total. The fraction of sp³-hybridized carbons (Fsp3) is 0.524. The molecule has 0 radical (unpaired) electrons. The molecule has 1 fully saturated rings. The van der Waals surface area contributed by atoms with Crippen LogP contribution in [-0.4, -0.2) is 47.3 Å². The van der Waals surface area contributed by atoms with Crippen molar-refractivity contribution in [2.45, 2.75) is 51.7 Å². The molecule has 1 aromatic heterocycles. The molecule has 2 aromatic rings. The molecular formula is C21H28N4O2. The number of amides is 1. The molecular weight excluding hydrogens is 340 g/mol. The van der Waals surface area contributed by atoms with Crippen LogP contribution in [0, 0.1) is 0 Å². The van der Waals surface area contributed by atoms with Crippen LogP contribution < -0.4 is 10.6 Å². The van der Waals surface area contributed by atoms with Crippen molar-refractivity contribution < 1.29 is 9.53 Å². The van der Waals surface area contributed by atoms with E-state index in [2.05, 4.69) is 16.0 Å². The SMILES string of the molecule is CC(C)(C)OC(=O)N1CCC(N2CCc3cncc4ccc(N)c2c34)CC1. The van der Waals surface area contributed by atoms with Gasteiger partial charge in [0.05, 0.1) is 11.4 Å². The second-order valence-corrected chi connectivity index (χ2v) is 8.54. The van der Waals surface area contributed by atoms with Crippen molar-refractivity contribution in [2.24, 2.45) is 0 Å². The van der Waals surface area contributed by atoms with E-state index in [-0.39, 0.29) is 6.09 Å². The molecule has 27 heavy (non-hydrogen) atoms. The van der Waals surface area contributed by atoms with E-state index in [0.717, 1.165) is 55.7 Å². The third-order valence-corrected chi connectivity index (χ3v) is 5.47. The van der Waals surface area contributed by atoms with Gasteiger partial charge in [0.1, 0.15) is 5.60 Å². The standard InChI is InChI=1S/C21H28N4O2/c1-21(2,3)27-20(26)24-9-7-16(8-10-24)25-11-6-15-13-23-12-14-4-5-17(22)19(25)18(14)15/h4-5,12-13,16H,6-11,22H2,1-3H3. The van der Waals surface area contributed by atoms with E-state index in [4.69, 9.17) is 10.5 Å². The number of nitrogens with zero attached hydrogens (tertiary/aromatic N) is 3. The summed E-state index contributed by atoms with van der Waals surface area (Å²) < 4.78 is 5.52. The van der Waals surface area contributed by atoms with Crippen molar-refractivity contribution in [3.05, 3.63) is 30.1 Å². The molecule has 1 saturated heterocycles. The lowest BCUT2D eigenvalue weighted by molar-refractivity contribution is 0.0204. The molecule has 2 aliphatic heterocycles. The van der Waals surface area contributed by atoms with Gasteiger partial charge in [-0.2, -0.15) is 0 Å². The lowest BCUT2D eigenvalue weighted by Gasteiger charge is -2.42. The molecule has 0 aliphatic carbocycles. The molecule has 1 amide bonds. The number of nitrogen functional groups attached to an aromatic ring is 1. The summed E-state index contributed by atoms with van der Waals surface area (Å²) >= 11 is 0.